The lowest BCUT2D eigenvalue weighted by molar-refractivity contribution is -0.138. The van der Waals surface area contributed by atoms with Gasteiger partial charge in [-0.1, -0.05) is 60.8 Å². The van der Waals surface area contributed by atoms with Gasteiger partial charge in [-0.05, 0) is 43.0 Å². The fourth-order valence-electron chi connectivity index (χ4n) is 5.19. The molecule has 4 heteroatoms. The lowest BCUT2D eigenvalue weighted by atomic mass is 9.83. The van der Waals surface area contributed by atoms with E-state index < -0.39 is 0 Å². The molecule has 144 valence electrons. The summed E-state index contributed by atoms with van der Waals surface area (Å²) in [5.74, 6) is 0.577. The number of fused-ring (bicyclic) bond motifs is 3. The van der Waals surface area contributed by atoms with Crippen molar-refractivity contribution in [2.75, 3.05) is 6.54 Å². The van der Waals surface area contributed by atoms with Gasteiger partial charge in [-0.3, -0.25) is 4.79 Å². The first kappa shape index (κ1) is 17.8. The number of rotatable bonds is 2. The molecule has 0 radical (unpaired) electrons. The average Bonchev–Trinajstić information content (AvgIpc) is 3.37. The summed E-state index contributed by atoms with van der Waals surface area (Å²) in [5.41, 5.74) is 4.69. The van der Waals surface area contributed by atoms with Crippen LogP contribution in [0.1, 0.15) is 61.4 Å². The fourth-order valence-corrected chi connectivity index (χ4v) is 5.46. The molecule has 2 unspecified atom stereocenters. The maximum atomic E-state index is 13.4. The summed E-state index contributed by atoms with van der Waals surface area (Å²) < 4.78 is 0. The first-order valence-corrected chi connectivity index (χ1v) is 10.7. The van der Waals surface area contributed by atoms with Crippen molar-refractivity contribution in [1.82, 2.24) is 9.88 Å². The van der Waals surface area contributed by atoms with Gasteiger partial charge < -0.3 is 9.88 Å². The Morgan fingerprint density at radius 2 is 1.79 bits per heavy atom. The molecule has 1 aliphatic heterocycles. The van der Waals surface area contributed by atoms with Crippen LogP contribution in [0.2, 0.25) is 5.02 Å². The van der Waals surface area contributed by atoms with Crippen molar-refractivity contribution in [3.05, 3.63) is 70.4 Å². The molecular formula is C24H25ClN2O. The third kappa shape index (κ3) is 2.76. The van der Waals surface area contributed by atoms with E-state index in [2.05, 4.69) is 47.1 Å². The number of benzene rings is 2. The minimum atomic E-state index is 0.0502. The largest absolute Gasteiger partial charge is 0.356 e. The highest BCUT2D eigenvalue weighted by Crippen LogP contribution is 2.45. The Morgan fingerprint density at radius 3 is 2.57 bits per heavy atom. The fraction of sp³-hybridized carbons (Fsp3) is 0.375. The van der Waals surface area contributed by atoms with Crippen molar-refractivity contribution < 1.29 is 4.79 Å². The summed E-state index contributed by atoms with van der Waals surface area (Å²) in [5, 5.41) is 2.01. The molecule has 2 aliphatic rings. The first-order chi connectivity index (χ1) is 13.6. The number of hydrogen-bond donors (Lipinski definition) is 1. The van der Waals surface area contributed by atoms with Crippen LogP contribution in [-0.4, -0.2) is 22.3 Å². The van der Waals surface area contributed by atoms with E-state index in [1.807, 2.05) is 18.2 Å². The maximum Gasteiger partial charge on any atom is 0.226 e. The second-order valence-corrected chi connectivity index (χ2v) is 8.63. The van der Waals surface area contributed by atoms with E-state index in [-0.39, 0.29) is 17.9 Å². The summed E-state index contributed by atoms with van der Waals surface area (Å²) >= 11 is 6.62. The molecule has 2 heterocycles. The van der Waals surface area contributed by atoms with E-state index in [1.54, 1.807) is 0 Å². The number of nitrogens with zero attached hydrogens (tertiary/aromatic N) is 1. The predicted octanol–water partition coefficient (Wildman–Crippen LogP) is 6.05. The zero-order chi connectivity index (χ0) is 19.3. The van der Waals surface area contributed by atoms with Crippen molar-refractivity contribution in [2.24, 2.45) is 5.92 Å². The monoisotopic (exact) mass is 392 g/mol. The third-order valence-corrected chi connectivity index (χ3v) is 7.00. The minimum absolute atomic E-state index is 0.0502. The zero-order valence-electron chi connectivity index (χ0n) is 16.1. The van der Waals surface area contributed by atoms with Gasteiger partial charge in [0.2, 0.25) is 5.91 Å². The van der Waals surface area contributed by atoms with Crippen LogP contribution in [-0.2, 0) is 4.79 Å². The topological polar surface area (TPSA) is 36.1 Å². The molecule has 0 saturated heterocycles. The molecular weight excluding hydrogens is 368 g/mol. The van der Waals surface area contributed by atoms with Gasteiger partial charge >= 0.3 is 0 Å². The Hall–Kier alpha value is -2.26. The van der Waals surface area contributed by atoms with E-state index in [0.717, 1.165) is 34.6 Å². The lowest BCUT2D eigenvalue weighted by Crippen LogP contribution is -2.43. The number of H-pyrrole nitrogens is 1. The third-order valence-electron chi connectivity index (χ3n) is 6.66. The molecule has 5 rings (SSSR count). The van der Waals surface area contributed by atoms with Crippen LogP contribution in [0.5, 0.6) is 0 Å². The maximum absolute atomic E-state index is 13.4. The van der Waals surface area contributed by atoms with E-state index in [9.17, 15) is 4.79 Å². The molecule has 1 fully saturated rings. The van der Waals surface area contributed by atoms with Crippen LogP contribution in [0.3, 0.4) is 0 Å². The SMILES string of the molecule is CC1c2[nH]c3ccccc3c2C(c2ccccc2Cl)CN1C(=O)C1CCCC1. The van der Waals surface area contributed by atoms with E-state index in [4.69, 9.17) is 11.6 Å². The number of aromatic amines is 1. The van der Waals surface area contributed by atoms with Crippen molar-refractivity contribution in [2.45, 2.75) is 44.6 Å². The van der Waals surface area contributed by atoms with Crippen molar-refractivity contribution >= 4 is 28.4 Å². The second kappa shape index (κ2) is 6.97. The molecule has 3 aromatic rings. The number of aromatic nitrogens is 1. The van der Waals surface area contributed by atoms with Gasteiger partial charge in [0.25, 0.3) is 0 Å². The van der Waals surface area contributed by atoms with Gasteiger partial charge in [-0.2, -0.15) is 0 Å². The molecule has 0 spiro atoms. The molecule has 1 aliphatic carbocycles. The van der Waals surface area contributed by atoms with E-state index >= 15 is 0 Å². The summed E-state index contributed by atoms with van der Waals surface area (Å²) in [6.07, 6.45) is 4.39. The number of amides is 1. The van der Waals surface area contributed by atoms with Gasteiger partial charge in [-0.25, -0.2) is 0 Å². The lowest BCUT2D eigenvalue weighted by Gasteiger charge is -2.40. The minimum Gasteiger partial charge on any atom is -0.356 e. The van der Waals surface area contributed by atoms with Crippen LogP contribution in [0.15, 0.2) is 48.5 Å². The standard InChI is InChI=1S/C24H25ClN2O/c1-15-23-22(18-11-5-7-13-21(18)26-23)19(17-10-4-6-12-20(17)25)14-27(15)24(28)16-8-2-3-9-16/h4-7,10-13,15-16,19,26H,2-3,8-9,14H2,1H3. The molecule has 2 aromatic carbocycles. The number of halogens is 1. The summed E-state index contributed by atoms with van der Waals surface area (Å²) in [7, 11) is 0. The second-order valence-electron chi connectivity index (χ2n) is 8.22. The average molecular weight is 393 g/mol. The normalized spacial score (nSPS) is 22.6. The van der Waals surface area contributed by atoms with Crippen LogP contribution < -0.4 is 0 Å². The van der Waals surface area contributed by atoms with Crippen molar-refractivity contribution in [3.63, 3.8) is 0 Å². The van der Waals surface area contributed by atoms with Crippen LogP contribution >= 0.6 is 11.6 Å². The number of para-hydroxylation sites is 1. The van der Waals surface area contributed by atoms with Gasteiger partial charge in [0.15, 0.2) is 0 Å². The molecule has 3 nitrogen and oxygen atoms in total. The Kier molecular flexibility index (Phi) is 4.43. The Balaban J connectivity index is 1.66. The van der Waals surface area contributed by atoms with E-state index in [1.165, 1.54) is 23.8 Å². The Labute approximate surface area is 170 Å². The Morgan fingerprint density at radius 1 is 1.07 bits per heavy atom. The van der Waals surface area contributed by atoms with E-state index in [0.29, 0.717) is 12.5 Å². The number of carbonyl (C=O) groups is 1. The van der Waals surface area contributed by atoms with Crippen LogP contribution in [0.4, 0.5) is 0 Å². The van der Waals surface area contributed by atoms with Gasteiger partial charge in [-0.15, -0.1) is 0 Å². The highest BCUT2D eigenvalue weighted by atomic mass is 35.5. The molecule has 2 atom stereocenters. The smallest absolute Gasteiger partial charge is 0.226 e. The molecule has 28 heavy (non-hydrogen) atoms. The predicted molar refractivity (Wildman–Crippen MR) is 114 cm³/mol. The molecule has 1 aromatic heterocycles. The van der Waals surface area contributed by atoms with Crippen LogP contribution in [0, 0.1) is 5.92 Å². The molecule has 1 saturated carbocycles. The van der Waals surface area contributed by atoms with Gasteiger partial charge in [0, 0.05) is 40.0 Å². The summed E-state index contributed by atoms with van der Waals surface area (Å²) in [6, 6.07) is 16.5. The number of hydrogen-bond acceptors (Lipinski definition) is 1. The highest BCUT2D eigenvalue weighted by Gasteiger charge is 2.39. The zero-order valence-corrected chi connectivity index (χ0v) is 16.9. The summed E-state index contributed by atoms with van der Waals surface area (Å²) in [4.78, 5) is 19.1. The van der Waals surface area contributed by atoms with Crippen molar-refractivity contribution in [3.8, 4) is 0 Å². The first-order valence-electron chi connectivity index (χ1n) is 10.3. The molecule has 1 amide bonds. The van der Waals surface area contributed by atoms with Gasteiger partial charge in [0.05, 0.1) is 6.04 Å². The van der Waals surface area contributed by atoms with Gasteiger partial charge in [0.1, 0.15) is 0 Å². The van der Waals surface area contributed by atoms with Crippen LogP contribution in [0.25, 0.3) is 10.9 Å². The molecule has 0 bridgehead atoms. The Bertz CT molecular complexity index is 1030. The number of nitrogens with one attached hydrogen (secondary N) is 1. The summed E-state index contributed by atoms with van der Waals surface area (Å²) in [6.45, 7) is 2.85. The van der Waals surface area contributed by atoms with Crippen molar-refractivity contribution in [1.29, 1.82) is 0 Å². The molecule has 1 N–H and O–H groups in total. The highest BCUT2D eigenvalue weighted by molar-refractivity contribution is 6.31. The number of carbonyl (C=O) groups excluding carboxylic acids is 1. The quantitative estimate of drug-likeness (QED) is 0.566.